The van der Waals surface area contributed by atoms with Crippen LogP contribution in [-0.4, -0.2) is 41.9 Å². The van der Waals surface area contributed by atoms with Crippen molar-refractivity contribution in [3.63, 3.8) is 0 Å². The quantitative estimate of drug-likeness (QED) is 0.309. The van der Waals surface area contributed by atoms with Crippen molar-refractivity contribution >= 4 is 29.5 Å². The molecule has 0 aliphatic carbocycles. The van der Waals surface area contributed by atoms with Crippen LogP contribution >= 0.6 is 11.6 Å². The fourth-order valence-electron chi connectivity index (χ4n) is 2.85. The molecule has 0 saturated heterocycles. The van der Waals surface area contributed by atoms with Gasteiger partial charge in [0.05, 0.1) is 19.0 Å². The van der Waals surface area contributed by atoms with Gasteiger partial charge in [0.15, 0.2) is 0 Å². The van der Waals surface area contributed by atoms with Gasteiger partial charge in [0.2, 0.25) is 5.88 Å². The van der Waals surface area contributed by atoms with Gasteiger partial charge in [-0.2, -0.15) is 5.10 Å². The monoisotopic (exact) mass is 469 g/mol. The number of benzene rings is 1. The Bertz CT molecular complexity index is 1060. The molecular weight excluding hydrogens is 438 g/mol. The van der Waals surface area contributed by atoms with Crippen molar-refractivity contribution in [1.82, 2.24) is 14.8 Å². The number of hydrogen-bond donors (Lipinski definition) is 0. The van der Waals surface area contributed by atoms with E-state index in [1.165, 1.54) is 6.08 Å². The molecule has 1 aromatic carbocycles. The Hall–Kier alpha value is -3.22. The summed E-state index contributed by atoms with van der Waals surface area (Å²) >= 11 is 5.99. The molecule has 3 rings (SSSR count). The Morgan fingerprint density at radius 2 is 1.79 bits per heavy atom. The van der Waals surface area contributed by atoms with E-state index in [4.69, 9.17) is 16.3 Å². The normalized spacial score (nSPS) is 10.0. The number of pyridine rings is 1. The minimum atomic E-state index is 0.464. The first-order valence-corrected chi connectivity index (χ1v) is 11.0. The lowest BCUT2D eigenvalue weighted by Gasteiger charge is -2.12. The lowest BCUT2D eigenvalue weighted by Crippen LogP contribution is -2.00. The van der Waals surface area contributed by atoms with Crippen LogP contribution in [0.25, 0.3) is 22.8 Å². The van der Waals surface area contributed by atoms with Crippen molar-refractivity contribution in [2.45, 2.75) is 20.8 Å². The molecule has 0 aliphatic heterocycles. The molecule has 0 N–H and O–H groups in total. The average molecular weight is 470 g/mol. The maximum Gasteiger partial charge on any atom is 0.213 e. The molecule has 6 nitrogen and oxygen atoms in total. The van der Waals surface area contributed by atoms with E-state index < -0.39 is 0 Å². The summed E-state index contributed by atoms with van der Waals surface area (Å²) in [5.74, 6) is 0.464. The fraction of sp³-hybridized carbons (Fsp3) is 0.269. The Balaban J connectivity index is 0.000000820. The van der Waals surface area contributed by atoms with Crippen LogP contribution < -0.4 is 4.74 Å². The van der Waals surface area contributed by atoms with Crippen LogP contribution in [0, 0.1) is 0 Å². The lowest BCUT2D eigenvalue weighted by molar-refractivity contribution is -0.104. The van der Waals surface area contributed by atoms with E-state index in [1.807, 2.05) is 52.1 Å². The van der Waals surface area contributed by atoms with Crippen molar-refractivity contribution in [2.75, 3.05) is 20.8 Å². The number of carbonyl (C=O) groups is 1. The molecule has 0 bridgehead atoms. The van der Waals surface area contributed by atoms with Gasteiger partial charge in [0.25, 0.3) is 0 Å². The molecule has 176 valence electrons. The summed E-state index contributed by atoms with van der Waals surface area (Å²) in [5.41, 5.74) is 5.08. The third-order valence-electron chi connectivity index (χ3n) is 4.47. The van der Waals surface area contributed by atoms with Gasteiger partial charge in [-0.05, 0) is 36.3 Å². The van der Waals surface area contributed by atoms with Crippen LogP contribution in [0.4, 0.5) is 0 Å². The number of aldehydes is 1. The first kappa shape index (κ1) is 27.8. The van der Waals surface area contributed by atoms with Crippen LogP contribution in [0.5, 0.6) is 5.88 Å². The maximum atomic E-state index is 10.8. The number of methoxy groups -OCH3 is 2. The van der Waals surface area contributed by atoms with E-state index in [0.29, 0.717) is 10.9 Å². The highest BCUT2D eigenvalue weighted by Crippen LogP contribution is 2.34. The third kappa shape index (κ3) is 7.70. The SMILES string of the molecule is C=C(c1ccc(Cl)cc1)c1c(-c2cnc(OC)cc2/C=C/C=O)cnn1C.CC.CCOC. The van der Waals surface area contributed by atoms with Crippen molar-refractivity contribution in [3.05, 3.63) is 77.2 Å². The molecule has 0 saturated carbocycles. The summed E-state index contributed by atoms with van der Waals surface area (Å²) in [6, 6.07) is 9.26. The lowest BCUT2D eigenvalue weighted by atomic mass is 9.96. The number of hydrogen-bond acceptors (Lipinski definition) is 5. The Morgan fingerprint density at radius 1 is 1.15 bits per heavy atom. The second-order valence-corrected chi connectivity index (χ2v) is 6.84. The molecule has 33 heavy (non-hydrogen) atoms. The first-order valence-electron chi connectivity index (χ1n) is 10.6. The molecule has 2 aromatic heterocycles. The zero-order valence-corrected chi connectivity index (χ0v) is 20.9. The zero-order valence-electron chi connectivity index (χ0n) is 20.1. The van der Waals surface area contributed by atoms with E-state index in [9.17, 15) is 4.79 Å². The van der Waals surface area contributed by atoms with E-state index in [2.05, 4.69) is 21.4 Å². The minimum Gasteiger partial charge on any atom is -0.481 e. The minimum absolute atomic E-state index is 0.464. The standard InChI is InChI=1S/C21H18ClN3O2.C3H8O.C2H6/c1-14(15-6-8-17(22)9-7-15)21-19(13-24-25(21)2)18-12-23-20(27-3)11-16(18)5-4-10-26;1-3-4-2;1-2/h4-13H,1H2,2-3H3;3H2,1-2H3;1-2H3/b5-4+;;. The summed E-state index contributed by atoms with van der Waals surface area (Å²) in [7, 11) is 5.09. The molecule has 7 heteroatoms. The second kappa shape index (κ2) is 14.8. The van der Waals surface area contributed by atoms with Crippen molar-refractivity contribution in [3.8, 4) is 17.0 Å². The highest BCUT2D eigenvalue weighted by atomic mass is 35.5. The average Bonchev–Trinajstić information content (AvgIpc) is 3.24. The van der Waals surface area contributed by atoms with Crippen LogP contribution in [-0.2, 0) is 16.6 Å². The summed E-state index contributed by atoms with van der Waals surface area (Å²) in [4.78, 5) is 15.1. The molecule has 0 fully saturated rings. The van der Waals surface area contributed by atoms with Crippen LogP contribution in [0.3, 0.4) is 0 Å². The summed E-state index contributed by atoms with van der Waals surface area (Å²) in [6.45, 7) is 11.0. The van der Waals surface area contributed by atoms with Crippen molar-refractivity contribution in [1.29, 1.82) is 0 Å². The van der Waals surface area contributed by atoms with E-state index in [-0.39, 0.29) is 0 Å². The molecule has 0 spiro atoms. The van der Waals surface area contributed by atoms with Crippen molar-refractivity contribution in [2.24, 2.45) is 7.05 Å². The van der Waals surface area contributed by atoms with Gasteiger partial charge in [-0.15, -0.1) is 0 Å². The Kier molecular flexibility index (Phi) is 12.4. The number of ether oxygens (including phenoxy) is 2. The zero-order chi connectivity index (χ0) is 24.8. The molecule has 2 heterocycles. The molecule has 3 aromatic rings. The predicted octanol–water partition coefficient (Wildman–Crippen LogP) is 6.10. The van der Waals surface area contributed by atoms with Gasteiger partial charge in [-0.1, -0.05) is 50.2 Å². The summed E-state index contributed by atoms with van der Waals surface area (Å²) < 4.78 is 11.5. The van der Waals surface area contributed by atoms with Crippen LogP contribution in [0.15, 0.2) is 55.4 Å². The topological polar surface area (TPSA) is 66.2 Å². The number of aryl methyl sites for hydroxylation is 1. The van der Waals surface area contributed by atoms with Gasteiger partial charge >= 0.3 is 0 Å². The first-order chi connectivity index (χ1) is 16.0. The van der Waals surface area contributed by atoms with Gasteiger partial charge in [0, 0.05) is 54.8 Å². The number of nitrogens with zero attached hydrogens (tertiary/aromatic N) is 3. The number of aromatic nitrogens is 3. The largest absolute Gasteiger partial charge is 0.481 e. The van der Waals surface area contributed by atoms with Gasteiger partial charge in [0.1, 0.15) is 6.29 Å². The molecule has 0 amide bonds. The number of allylic oxidation sites excluding steroid dienone is 1. The van der Waals surface area contributed by atoms with E-state index in [1.54, 1.807) is 43.4 Å². The van der Waals surface area contributed by atoms with Gasteiger partial charge in [-0.25, -0.2) is 4.98 Å². The smallest absolute Gasteiger partial charge is 0.213 e. The maximum absolute atomic E-state index is 10.8. The Morgan fingerprint density at radius 3 is 2.33 bits per heavy atom. The molecule has 0 aliphatic rings. The second-order valence-electron chi connectivity index (χ2n) is 6.40. The highest BCUT2D eigenvalue weighted by molar-refractivity contribution is 6.30. The van der Waals surface area contributed by atoms with Crippen LogP contribution in [0.2, 0.25) is 5.02 Å². The van der Waals surface area contributed by atoms with E-state index in [0.717, 1.165) is 46.4 Å². The van der Waals surface area contributed by atoms with Gasteiger partial charge in [-0.3, -0.25) is 9.48 Å². The molecular formula is C26H32ClN3O3. The van der Waals surface area contributed by atoms with Gasteiger partial charge < -0.3 is 9.47 Å². The predicted molar refractivity (Wildman–Crippen MR) is 137 cm³/mol. The highest BCUT2D eigenvalue weighted by Gasteiger charge is 2.18. The van der Waals surface area contributed by atoms with Crippen LogP contribution in [0.1, 0.15) is 37.6 Å². The number of carbonyl (C=O) groups excluding carboxylic acids is 1. The fourth-order valence-corrected chi connectivity index (χ4v) is 2.97. The van der Waals surface area contributed by atoms with Crippen molar-refractivity contribution < 1.29 is 14.3 Å². The summed E-state index contributed by atoms with van der Waals surface area (Å²) in [6.07, 6.45) is 7.35. The molecule has 0 radical (unpaired) electrons. The number of halogens is 1. The van der Waals surface area contributed by atoms with E-state index >= 15 is 0 Å². The number of rotatable bonds is 7. The molecule has 0 atom stereocenters. The summed E-state index contributed by atoms with van der Waals surface area (Å²) in [5, 5.41) is 5.06. The Labute approximate surface area is 201 Å². The third-order valence-corrected chi connectivity index (χ3v) is 4.72. The molecule has 0 unspecified atom stereocenters.